The maximum absolute atomic E-state index is 10.7. The molecule has 4 rings (SSSR count). The van der Waals surface area contributed by atoms with Gasteiger partial charge in [-0.25, -0.2) is 0 Å². The van der Waals surface area contributed by atoms with Crippen LogP contribution in [0.25, 0.3) is 0 Å². The van der Waals surface area contributed by atoms with Gasteiger partial charge in [-0.3, -0.25) is 0 Å². The Labute approximate surface area is 167 Å². The summed E-state index contributed by atoms with van der Waals surface area (Å²) in [7, 11) is 0. The van der Waals surface area contributed by atoms with Crippen LogP contribution in [0.5, 0.6) is 0 Å². The van der Waals surface area contributed by atoms with E-state index in [9.17, 15) is 10.2 Å². The Morgan fingerprint density at radius 2 is 1.63 bits per heavy atom. The van der Waals surface area contributed by atoms with E-state index in [4.69, 9.17) is 0 Å². The lowest BCUT2D eigenvalue weighted by molar-refractivity contribution is -0.148. The minimum Gasteiger partial charge on any atom is -0.396 e. The lowest BCUT2D eigenvalue weighted by atomic mass is 9.43. The predicted octanol–water partition coefficient (Wildman–Crippen LogP) is 5.80. The Bertz CT molecular complexity index is 542. The van der Waals surface area contributed by atoms with Crippen LogP contribution in [0.4, 0.5) is 0 Å². The molecule has 0 aliphatic heterocycles. The van der Waals surface area contributed by atoms with E-state index in [2.05, 4.69) is 27.7 Å². The second-order valence-electron chi connectivity index (χ2n) is 11.9. The van der Waals surface area contributed by atoms with Gasteiger partial charge in [0, 0.05) is 6.61 Å². The summed E-state index contributed by atoms with van der Waals surface area (Å²) >= 11 is 0. The highest BCUT2D eigenvalue weighted by atomic mass is 16.3. The molecule has 156 valence electrons. The summed E-state index contributed by atoms with van der Waals surface area (Å²) in [5.41, 5.74) is 0.604. The third-order valence-electron chi connectivity index (χ3n) is 10.5. The van der Waals surface area contributed by atoms with Crippen LogP contribution in [-0.4, -0.2) is 22.4 Å². The number of hydrogen-bond donors (Lipinski definition) is 2. The average Bonchev–Trinajstić information content (AvgIpc) is 2.97. The van der Waals surface area contributed by atoms with E-state index < -0.39 is 5.60 Å². The van der Waals surface area contributed by atoms with Crippen molar-refractivity contribution in [2.45, 2.75) is 104 Å². The molecule has 9 atom stereocenters. The maximum atomic E-state index is 10.7. The average molecular weight is 377 g/mol. The van der Waals surface area contributed by atoms with Gasteiger partial charge in [0.15, 0.2) is 0 Å². The smallest absolute Gasteiger partial charge is 0.0622 e. The van der Waals surface area contributed by atoms with Crippen LogP contribution in [0.1, 0.15) is 98.3 Å². The van der Waals surface area contributed by atoms with Gasteiger partial charge in [-0.05, 0) is 124 Å². The normalized spacial score (nSPS) is 53.3. The zero-order valence-electron chi connectivity index (χ0n) is 18.3. The number of aliphatic hydroxyl groups is 2. The zero-order valence-corrected chi connectivity index (χ0v) is 18.3. The monoisotopic (exact) mass is 376 g/mol. The summed E-state index contributed by atoms with van der Waals surface area (Å²) in [4.78, 5) is 0. The SMILES string of the molecule is C[C@H](CCCO)[C@H]1CC[C@H]2[C@@H]3CC[C@H]4C[C@@](C)(O)CC[C@]4(C)[C@H]3CC[C@]12C. The first-order valence-corrected chi connectivity index (χ1v) is 12.0. The van der Waals surface area contributed by atoms with Gasteiger partial charge in [0.2, 0.25) is 0 Å². The second-order valence-corrected chi connectivity index (χ2v) is 11.9. The Hall–Kier alpha value is -0.0800. The van der Waals surface area contributed by atoms with Crippen molar-refractivity contribution in [1.29, 1.82) is 0 Å². The van der Waals surface area contributed by atoms with E-state index in [-0.39, 0.29) is 0 Å². The molecule has 0 unspecified atom stereocenters. The summed E-state index contributed by atoms with van der Waals surface area (Å²) in [6, 6.07) is 0. The summed E-state index contributed by atoms with van der Waals surface area (Å²) in [5.74, 6) is 5.14. The highest BCUT2D eigenvalue weighted by Crippen LogP contribution is 2.68. The second kappa shape index (κ2) is 7.01. The van der Waals surface area contributed by atoms with Crippen LogP contribution in [0, 0.1) is 46.3 Å². The molecule has 2 N–H and O–H groups in total. The highest BCUT2D eigenvalue weighted by molar-refractivity contribution is 5.10. The molecule has 27 heavy (non-hydrogen) atoms. The maximum Gasteiger partial charge on any atom is 0.0622 e. The van der Waals surface area contributed by atoms with Crippen LogP contribution in [0.15, 0.2) is 0 Å². The van der Waals surface area contributed by atoms with Crippen LogP contribution >= 0.6 is 0 Å². The molecule has 4 aliphatic carbocycles. The molecule has 0 spiro atoms. The van der Waals surface area contributed by atoms with Gasteiger partial charge in [0.25, 0.3) is 0 Å². The third-order valence-corrected chi connectivity index (χ3v) is 10.5. The molecule has 0 saturated heterocycles. The molecule has 0 heterocycles. The van der Waals surface area contributed by atoms with E-state index in [1.807, 2.05) is 0 Å². The van der Waals surface area contributed by atoms with Crippen molar-refractivity contribution in [2.24, 2.45) is 46.3 Å². The number of fused-ring (bicyclic) bond motifs is 5. The van der Waals surface area contributed by atoms with Gasteiger partial charge in [-0.1, -0.05) is 20.8 Å². The van der Waals surface area contributed by atoms with E-state index in [0.29, 0.717) is 17.4 Å². The molecule has 4 fully saturated rings. The van der Waals surface area contributed by atoms with Crippen molar-refractivity contribution in [3.05, 3.63) is 0 Å². The molecule has 0 radical (unpaired) electrons. The molecular weight excluding hydrogens is 332 g/mol. The lowest BCUT2D eigenvalue weighted by Crippen LogP contribution is -2.55. The van der Waals surface area contributed by atoms with Crippen LogP contribution < -0.4 is 0 Å². The quantitative estimate of drug-likeness (QED) is 0.650. The molecule has 0 amide bonds. The van der Waals surface area contributed by atoms with E-state index >= 15 is 0 Å². The van der Waals surface area contributed by atoms with Crippen LogP contribution in [-0.2, 0) is 0 Å². The molecule has 4 aliphatic rings. The first-order valence-electron chi connectivity index (χ1n) is 12.0. The van der Waals surface area contributed by atoms with E-state index in [1.54, 1.807) is 0 Å². The standard InChI is InChI=1S/C25H44O2/c1-17(6-5-15-26)20-9-10-21-19-8-7-18-16-23(2,27)13-14-24(18,3)22(19)11-12-25(20,21)4/h17-22,26-27H,5-16H2,1-4H3/t17-,18+,19+,20-,21+,22+,23+,24+,25-/m1/s1. The first-order chi connectivity index (χ1) is 12.7. The summed E-state index contributed by atoms with van der Waals surface area (Å²) in [6.07, 6.45) is 13.9. The Balaban J connectivity index is 1.52. The molecule has 0 aromatic carbocycles. The van der Waals surface area contributed by atoms with Crippen molar-refractivity contribution in [2.75, 3.05) is 6.61 Å². The topological polar surface area (TPSA) is 40.5 Å². The van der Waals surface area contributed by atoms with Gasteiger partial charge in [-0.15, -0.1) is 0 Å². The van der Waals surface area contributed by atoms with Crippen molar-refractivity contribution < 1.29 is 10.2 Å². The molecule has 2 nitrogen and oxygen atoms in total. The number of hydrogen-bond acceptors (Lipinski definition) is 2. The summed E-state index contributed by atoms with van der Waals surface area (Å²) < 4.78 is 0. The number of aliphatic hydroxyl groups excluding tert-OH is 1. The fraction of sp³-hybridized carbons (Fsp3) is 1.00. The lowest BCUT2D eigenvalue weighted by Gasteiger charge is -2.62. The summed E-state index contributed by atoms with van der Waals surface area (Å²) in [5, 5.41) is 19.9. The third kappa shape index (κ3) is 3.21. The molecule has 0 aromatic heterocycles. The number of rotatable bonds is 4. The molecular formula is C25H44O2. The van der Waals surface area contributed by atoms with Crippen molar-refractivity contribution >= 4 is 0 Å². The van der Waals surface area contributed by atoms with Crippen molar-refractivity contribution in [3.8, 4) is 0 Å². The highest BCUT2D eigenvalue weighted by Gasteiger charge is 2.61. The van der Waals surface area contributed by atoms with Gasteiger partial charge >= 0.3 is 0 Å². The van der Waals surface area contributed by atoms with Crippen molar-refractivity contribution in [3.63, 3.8) is 0 Å². The van der Waals surface area contributed by atoms with Gasteiger partial charge < -0.3 is 10.2 Å². The first kappa shape index (κ1) is 20.2. The summed E-state index contributed by atoms with van der Waals surface area (Å²) in [6.45, 7) is 10.1. The van der Waals surface area contributed by atoms with Gasteiger partial charge in [0.1, 0.15) is 0 Å². The minimum atomic E-state index is -0.416. The molecule has 0 aromatic rings. The Morgan fingerprint density at radius 1 is 0.889 bits per heavy atom. The largest absolute Gasteiger partial charge is 0.396 e. The van der Waals surface area contributed by atoms with Crippen molar-refractivity contribution in [1.82, 2.24) is 0 Å². The molecule has 2 heteroatoms. The molecule has 4 saturated carbocycles. The van der Waals surface area contributed by atoms with Crippen LogP contribution in [0.2, 0.25) is 0 Å². The minimum absolute atomic E-state index is 0.353. The fourth-order valence-corrected chi connectivity index (χ4v) is 9.02. The zero-order chi connectivity index (χ0) is 19.4. The molecule has 0 bridgehead atoms. The van der Waals surface area contributed by atoms with Crippen LogP contribution in [0.3, 0.4) is 0 Å². The van der Waals surface area contributed by atoms with Gasteiger partial charge in [-0.2, -0.15) is 0 Å². The Kier molecular flexibility index (Phi) is 5.25. The predicted molar refractivity (Wildman–Crippen MR) is 111 cm³/mol. The van der Waals surface area contributed by atoms with E-state index in [0.717, 1.165) is 54.8 Å². The van der Waals surface area contributed by atoms with E-state index in [1.165, 1.54) is 51.4 Å². The Morgan fingerprint density at radius 3 is 2.37 bits per heavy atom. The van der Waals surface area contributed by atoms with Gasteiger partial charge in [0.05, 0.1) is 5.60 Å². The fourth-order valence-electron chi connectivity index (χ4n) is 9.02.